The number of nitrogens with zero attached hydrogens (tertiary/aromatic N) is 2. The summed E-state index contributed by atoms with van der Waals surface area (Å²) >= 11 is 0. The minimum Gasteiger partial charge on any atom is -0.484 e. The molecule has 0 saturated carbocycles. The quantitative estimate of drug-likeness (QED) is 0.850. The van der Waals surface area contributed by atoms with Crippen molar-refractivity contribution in [2.24, 2.45) is 0 Å². The van der Waals surface area contributed by atoms with Crippen LogP contribution in [-0.4, -0.2) is 29.5 Å². The molecule has 1 aromatic rings. The van der Waals surface area contributed by atoms with Crippen molar-refractivity contribution >= 4 is 5.91 Å². The van der Waals surface area contributed by atoms with E-state index < -0.39 is 0 Å². The minimum absolute atomic E-state index is 0.0362. The molecule has 0 spiro atoms. The van der Waals surface area contributed by atoms with Gasteiger partial charge in [-0.1, -0.05) is 0 Å². The lowest BCUT2D eigenvalue weighted by Crippen LogP contribution is -2.49. The molecule has 0 N–H and O–H groups in total. The molecule has 106 valence electrons. The maximum absolute atomic E-state index is 12.3. The second-order valence-corrected chi connectivity index (χ2v) is 5.35. The molecule has 1 amide bonds. The highest BCUT2D eigenvalue weighted by molar-refractivity contribution is 5.78. The van der Waals surface area contributed by atoms with Crippen molar-refractivity contribution in [1.29, 1.82) is 5.26 Å². The van der Waals surface area contributed by atoms with Crippen LogP contribution in [0.25, 0.3) is 0 Å². The van der Waals surface area contributed by atoms with Crippen LogP contribution in [0.15, 0.2) is 24.3 Å². The molecule has 1 aliphatic heterocycles. The maximum Gasteiger partial charge on any atom is 0.260 e. The van der Waals surface area contributed by atoms with Crippen molar-refractivity contribution in [2.75, 3.05) is 6.61 Å². The normalized spacial score (nSPS) is 22.1. The van der Waals surface area contributed by atoms with Crippen molar-refractivity contribution in [3.05, 3.63) is 29.8 Å². The first-order valence-corrected chi connectivity index (χ1v) is 7.06. The van der Waals surface area contributed by atoms with Crippen LogP contribution >= 0.6 is 0 Å². The van der Waals surface area contributed by atoms with Crippen LogP contribution < -0.4 is 4.74 Å². The average Bonchev–Trinajstić information content (AvgIpc) is 2.45. The first kappa shape index (κ1) is 14.4. The molecule has 1 aromatic carbocycles. The molecule has 1 heterocycles. The van der Waals surface area contributed by atoms with Gasteiger partial charge >= 0.3 is 0 Å². The molecule has 4 nitrogen and oxygen atoms in total. The second kappa shape index (κ2) is 6.42. The Morgan fingerprint density at radius 3 is 2.45 bits per heavy atom. The molecule has 0 aromatic heterocycles. The number of piperidine rings is 1. The number of ether oxygens (including phenoxy) is 1. The lowest BCUT2D eigenvalue weighted by Gasteiger charge is -2.38. The third-order valence-corrected chi connectivity index (χ3v) is 3.83. The molecule has 1 saturated heterocycles. The summed E-state index contributed by atoms with van der Waals surface area (Å²) in [6.45, 7) is 4.24. The van der Waals surface area contributed by atoms with E-state index >= 15 is 0 Å². The standard InChI is InChI=1S/C16H20N2O2/c1-12-4-3-5-13(2)18(12)16(19)11-20-15-8-6-14(10-17)7-9-15/h6-9,12-13H,3-5,11H2,1-2H3/t12-,13-/m1/s1. The van der Waals surface area contributed by atoms with Crippen molar-refractivity contribution < 1.29 is 9.53 Å². The van der Waals surface area contributed by atoms with Gasteiger partial charge in [-0.05, 0) is 57.4 Å². The molecule has 0 radical (unpaired) electrons. The molecule has 20 heavy (non-hydrogen) atoms. The van der Waals surface area contributed by atoms with Gasteiger partial charge in [-0.15, -0.1) is 0 Å². The summed E-state index contributed by atoms with van der Waals surface area (Å²) in [5, 5.41) is 8.72. The van der Waals surface area contributed by atoms with E-state index in [0.29, 0.717) is 11.3 Å². The molecule has 4 heteroatoms. The predicted molar refractivity (Wildman–Crippen MR) is 76.3 cm³/mol. The van der Waals surface area contributed by atoms with Gasteiger partial charge in [0.25, 0.3) is 5.91 Å². The maximum atomic E-state index is 12.3. The molecular weight excluding hydrogens is 252 g/mol. The van der Waals surface area contributed by atoms with E-state index in [1.165, 1.54) is 6.42 Å². The van der Waals surface area contributed by atoms with Gasteiger partial charge in [0.15, 0.2) is 6.61 Å². The zero-order valence-corrected chi connectivity index (χ0v) is 12.0. The van der Waals surface area contributed by atoms with E-state index in [-0.39, 0.29) is 24.6 Å². The van der Waals surface area contributed by atoms with Crippen molar-refractivity contribution in [1.82, 2.24) is 4.90 Å². The largest absolute Gasteiger partial charge is 0.484 e. The third-order valence-electron chi connectivity index (χ3n) is 3.83. The highest BCUT2D eigenvalue weighted by Gasteiger charge is 2.28. The molecule has 1 aliphatic rings. The number of hydrogen-bond acceptors (Lipinski definition) is 3. The predicted octanol–water partition coefficient (Wildman–Crippen LogP) is 2.73. The molecule has 1 fully saturated rings. The van der Waals surface area contributed by atoms with Gasteiger partial charge in [0.1, 0.15) is 5.75 Å². The Kier molecular flexibility index (Phi) is 4.62. The Hall–Kier alpha value is -2.02. The zero-order valence-electron chi connectivity index (χ0n) is 12.0. The number of hydrogen-bond donors (Lipinski definition) is 0. The van der Waals surface area contributed by atoms with Crippen molar-refractivity contribution in [2.45, 2.75) is 45.2 Å². The highest BCUT2D eigenvalue weighted by Crippen LogP contribution is 2.22. The van der Waals surface area contributed by atoms with Gasteiger partial charge in [-0.25, -0.2) is 0 Å². The zero-order chi connectivity index (χ0) is 14.5. The highest BCUT2D eigenvalue weighted by atomic mass is 16.5. The topological polar surface area (TPSA) is 53.3 Å². The summed E-state index contributed by atoms with van der Waals surface area (Å²) in [4.78, 5) is 14.2. The number of rotatable bonds is 3. The van der Waals surface area contributed by atoms with Gasteiger partial charge in [0.05, 0.1) is 11.6 Å². The molecular formula is C16H20N2O2. The van der Waals surface area contributed by atoms with Gasteiger partial charge in [-0.2, -0.15) is 5.26 Å². The van der Waals surface area contributed by atoms with Crippen LogP contribution in [0.5, 0.6) is 5.75 Å². The van der Waals surface area contributed by atoms with Crippen molar-refractivity contribution in [3.8, 4) is 11.8 Å². The number of benzene rings is 1. The fourth-order valence-electron chi connectivity index (χ4n) is 2.76. The monoisotopic (exact) mass is 272 g/mol. The Labute approximate surface area is 120 Å². The van der Waals surface area contributed by atoms with Crippen LogP contribution in [0.3, 0.4) is 0 Å². The van der Waals surface area contributed by atoms with E-state index in [0.717, 1.165) is 12.8 Å². The summed E-state index contributed by atoms with van der Waals surface area (Å²) in [6.07, 6.45) is 3.31. The van der Waals surface area contributed by atoms with Gasteiger partial charge < -0.3 is 9.64 Å². The Morgan fingerprint density at radius 1 is 1.30 bits per heavy atom. The van der Waals surface area contributed by atoms with E-state index in [9.17, 15) is 4.79 Å². The molecule has 0 aliphatic carbocycles. The van der Waals surface area contributed by atoms with E-state index in [1.54, 1.807) is 24.3 Å². The fourth-order valence-corrected chi connectivity index (χ4v) is 2.76. The SMILES string of the molecule is C[C@@H]1CCC[C@@H](C)N1C(=O)COc1ccc(C#N)cc1. The van der Waals surface area contributed by atoms with E-state index in [1.807, 2.05) is 4.90 Å². The second-order valence-electron chi connectivity index (χ2n) is 5.35. The van der Waals surface area contributed by atoms with Gasteiger partial charge in [0.2, 0.25) is 0 Å². The molecule has 2 rings (SSSR count). The smallest absolute Gasteiger partial charge is 0.260 e. The number of amides is 1. The van der Waals surface area contributed by atoms with Crippen LogP contribution in [0.1, 0.15) is 38.7 Å². The Morgan fingerprint density at radius 2 is 1.90 bits per heavy atom. The third kappa shape index (κ3) is 3.30. The summed E-state index contributed by atoms with van der Waals surface area (Å²) in [7, 11) is 0. The fraction of sp³-hybridized carbons (Fsp3) is 0.500. The van der Waals surface area contributed by atoms with Crippen LogP contribution in [0.2, 0.25) is 0 Å². The van der Waals surface area contributed by atoms with Crippen molar-refractivity contribution in [3.63, 3.8) is 0 Å². The van der Waals surface area contributed by atoms with Gasteiger partial charge in [0, 0.05) is 12.1 Å². The number of carbonyl (C=O) groups is 1. The minimum atomic E-state index is 0.0362. The lowest BCUT2D eigenvalue weighted by atomic mass is 9.97. The first-order chi connectivity index (χ1) is 9.61. The lowest BCUT2D eigenvalue weighted by molar-refractivity contribution is -0.139. The van der Waals surface area contributed by atoms with Crippen LogP contribution in [0.4, 0.5) is 0 Å². The molecule has 0 unspecified atom stereocenters. The molecule has 0 bridgehead atoms. The number of nitriles is 1. The Balaban J connectivity index is 1.92. The average molecular weight is 272 g/mol. The number of likely N-dealkylation sites (tertiary alicyclic amines) is 1. The Bertz CT molecular complexity index is 494. The van der Waals surface area contributed by atoms with Crippen LogP contribution in [-0.2, 0) is 4.79 Å². The summed E-state index contributed by atoms with van der Waals surface area (Å²) in [5.41, 5.74) is 0.585. The number of carbonyl (C=O) groups excluding carboxylic acids is 1. The molecule has 2 atom stereocenters. The summed E-state index contributed by atoms with van der Waals surface area (Å²) in [5.74, 6) is 0.656. The van der Waals surface area contributed by atoms with Crippen LogP contribution in [0, 0.1) is 11.3 Å². The van der Waals surface area contributed by atoms with E-state index in [4.69, 9.17) is 10.00 Å². The summed E-state index contributed by atoms with van der Waals surface area (Å²) in [6, 6.07) is 9.43. The first-order valence-electron chi connectivity index (χ1n) is 7.06. The van der Waals surface area contributed by atoms with Gasteiger partial charge in [-0.3, -0.25) is 4.79 Å². The summed E-state index contributed by atoms with van der Waals surface area (Å²) < 4.78 is 5.52. The van der Waals surface area contributed by atoms with E-state index in [2.05, 4.69) is 19.9 Å².